The molecule has 1 aromatic carbocycles. The van der Waals surface area contributed by atoms with Gasteiger partial charge < -0.3 is 10.5 Å². The number of nitrogens with zero attached hydrogens (tertiary/aromatic N) is 2. The molecule has 0 aliphatic carbocycles. The van der Waals surface area contributed by atoms with Crippen molar-refractivity contribution in [2.24, 2.45) is 0 Å². The number of rotatable bonds is 3. The van der Waals surface area contributed by atoms with Crippen LogP contribution in [0.3, 0.4) is 0 Å². The Hall–Kier alpha value is -1.57. The van der Waals surface area contributed by atoms with Crippen molar-refractivity contribution in [1.82, 2.24) is 4.98 Å². The molecule has 0 aliphatic heterocycles. The van der Waals surface area contributed by atoms with Gasteiger partial charge in [-0.05, 0) is 28.1 Å². The molecule has 2 N–H and O–H groups in total. The van der Waals surface area contributed by atoms with Crippen LogP contribution in [0.1, 0.15) is 0 Å². The second kappa shape index (κ2) is 5.82. The molecule has 20 heavy (non-hydrogen) atoms. The molecule has 0 saturated heterocycles. The molecule has 9 heteroatoms. The SMILES string of the molecule is Nc1ccc([N+](=O)[O-])c(Oc2cc(Cl)c(Br)cc2Cl)n1. The first-order valence-corrected chi connectivity index (χ1v) is 6.66. The summed E-state index contributed by atoms with van der Waals surface area (Å²) in [6.45, 7) is 0. The van der Waals surface area contributed by atoms with E-state index < -0.39 is 4.92 Å². The van der Waals surface area contributed by atoms with Crippen molar-refractivity contribution in [3.63, 3.8) is 0 Å². The van der Waals surface area contributed by atoms with Gasteiger partial charge in [0.1, 0.15) is 11.6 Å². The molecule has 2 rings (SSSR count). The van der Waals surface area contributed by atoms with E-state index in [1.54, 1.807) is 0 Å². The molecule has 1 heterocycles. The Balaban J connectivity index is 2.47. The lowest BCUT2D eigenvalue weighted by Gasteiger charge is -2.08. The van der Waals surface area contributed by atoms with Gasteiger partial charge in [-0.1, -0.05) is 23.2 Å². The van der Waals surface area contributed by atoms with Crippen molar-refractivity contribution < 1.29 is 9.66 Å². The Labute approximate surface area is 131 Å². The van der Waals surface area contributed by atoms with Crippen molar-refractivity contribution >= 4 is 50.6 Å². The van der Waals surface area contributed by atoms with Crippen LogP contribution in [0.25, 0.3) is 0 Å². The monoisotopic (exact) mass is 377 g/mol. The normalized spacial score (nSPS) is 10.3. The van der Waals surface area contributed by atoms with E-state index in [1.807, 2.05) is 0 Å². The number of ether oxygens (including phenoxy) is 1. The number of hydrogen-bond acceptors (Lipinski definition) is 5. The van der Waals surface area contributed by atoms with Gasteiger partial charge in [0.05, 0.1) is 15.0 Å². The minimum absolute atomic E-state index is 0.0879. The predicted octanol–water partition coefficient (Wildman–Crippen LogP) is 4.43. The number of halogens is 3. The molecule has 0 spiro atoms. The Kier molecular flexibility index (Phi) is 4.32. The quantitative estimate of drug-likeness (QED) is 0.484. The summed E-state index contributed by atoms with van der Waals surface area (Å²) in [6.07, 6.45) is 0. The Morgan fingerprint density at radius 2 is 2.00 bits per heavy atom. The zero-order valence-electron chi connectivity index (χ0n) is 9.64. The minimum Gasteiger partial charge on any atom is -0.432 e. The molecule has 0 saturated carbocycles. The standard InChI is InChI=1S/C11H6BrCl2N3O3/c12-5-3-7(14)9(4-6(5)13)20-11-8(17(18)19)1-2-10(15)16-11/h1-4H,(H2,15,16). The van der Waals surface area contributed by atoms with E-state index in [1.165, 1.54) is 24.3 Å². The first kappa shape index (κ1) is 14.8. The number of hydrogen-bond donors (Lipinski definition) is 1. The van der Waals surface area contributed by atoms with Crippen molar-refractivity contribution in [1.29, 1.82) is 0 Å². The number of anilines is 1. The van der Waals surface area contributed by atoms with Gasteiger partial charge in [-0.2, -0.15) is 4.98 Å². The maximum atomic E-state index is 10.9. The minimum atomic E-state index is -0.629. The molecule has 1 aromatic heterocycles. The van der Waals surface area contributed by atoms with Crippen LogP contribution in [0.4, 0.5) is 11.5 Å². The Morgan fingerprint density at radius 3 is 2.65 bits per heavy atom. The Morgan fingerprint density at radius 1 is 1.30 bits per heavy atom. The van der Waals surface area contributed by atoms with Gasteiger partial charge in [-0.25, -0.2) is 0 Å². The van der Waals surface area contributed by atoms with Gasteiger partial charge >= 0.3 is 11.6 Å². The van der Waals surface area contributed by atoms with Crippen molar-refractivity contribution in [3.8, 4) is 11.6 Å². The van der Waals surface area contributed by atoms with Crippen LogP contribution in [-0.4, -0.2) is 9.91 Å². The van der Waals surface area contributed by atoms with Crippen LogP contribution in [-0.2, 0) is 0 Å². The fourth-order valence-electron chi connectivity index (χ4n) is 1.35. The predicted molar refractivity (Wildman–Crippen MR) is 79.5 cm³/mol. The molecule has 6 nitrogen and oxygen atoms in total. The van der Waals surface area contributed by atoms with E-state index in [9.17, 15) is 10.1 Å². The first-order chi connectivity index (χ1) is 9.38. The van der Waals surface area contributed by atoms with E-state index in [0.29, 0.717) is 9.50 Å². The molecule has 0 unspecified atom stereocenters. The van der Waals surface area contributed by atoms with Crippen molar-refractivity contribution in [2.45, 2.75) is 0 Å². The number of aromatic nitrogens is 1. The summed E-state index contributed by atoms with van der Waals surface area (Å²) in [5, 5.41) is 11.5. The highest BCUT2D eigenvalue weighted by molar-refractivity contribution is 9.10. The third kappa shape index (κ3) is 3.12. The second-order valence-electron chi connectivity index (χ2n) is 3.62. The van der Waals surface area contributed by atoms with E-state index in [2.05, 4.69) is 20.9 Å². The van der Waals surface area contributed by atoms with Crippen LogP contribution in [0.5, 0.6) is 11.6 Å². The molecule has 0 bridgehead atoms. The lowest BCUT2D eigenvalue weighted by molar-refractivity contribution is -0.386. The van der Waals surface area contributed by atoms with E-state index in [0.717, 1.165) is 0 Å². The van der Waals surface area contributed by atoms with Gasteiger partial charge in [-0.15, -0.1) is 0 Å². The topological polar surface area (TPSA) is 91.3 Å². The van der Waals surface area contributed by atoms with Crippen LogP contribution in [0.2, 0.25) is 10.0 Å². The highest BCUT2D eigenvalue weighted by Crippen LogP contribution is 2.38. The number of nitrogen functional groups attached to an aromatic ring is 1. The highest BCUT2D eigenvalue weighted by atomic mass is 79.9. The zero-order chi connectivity index (χ0) is 14.9. The smallest absolute Gasteiger partial charge is 0.331 e. The molecule has 0 aliphatic rings. The summed E-state index contributed by atoms with van der Waals surface area (Å²) in [7, 11) is 0. The maximum absolute atomic E-state index is 10.9. The molecular weight excluding hydrogens is 373 g/mol. The van der Waals surface area contributed by atoms with E-state index in [-0.39, 0.29) is 28.2 Å². The summed E-state index contributed by atoms with van der Waals surface area (Å²) in [6, 6.07) is 5.44. The fourth-order valence-corrected chi connectivity index (χ4v) is 2.18. The first-order valence-electron chi connectivity index (χ1n) is 5.12. The van der Waals surface area contributed by atoms with Gasteiger partial charge in [-0.3, -0.25) is 10.1 Å². The average molecular weight is 379 g/mol. The van der Waals surface area contributed by atoms with Crippen LogP contribution in [0, 0.1) is 10.1 Å². The maximum Gasteiger partial charge on any atom is 0.331 e. The number of nitro groups is 1. The summed E-state index contributed by atoms with van der Waals surface area (Å²) < 4.78 is 5.92. The molecule has 2 aromatic rings. The highest BCUT2D eigenvalue weighted by Gasteiger charge is 2.19. The molecule has 104 valence electrons. The molecule has 0 fully saturated rings. The molecule has 0 amide bonds. The van der Waals surface area contributed by atoms with Crippen molar-refractivity contribution in [3.05, 3.63) is 48.9 Å². The number of benzene rings is 1. The van der Waals surface area contributed by atoms with Crippen LogP contribution >= 0.6 is 39.1 Å². The second-order valence-corrected chi connectivity index (χ2v) is 5.29. The molecular formula is C11H6BrCl2N3O3. The van der Waals surface area contributed by atoms with Crippen molar-refractivity contribution in [2.75, 3.05) is 5.73 Å². The van der Waals surface area contributed by atoms with Gasteiger partial charge in [0.15, 0.2) is 0 Å². The van der Waals surface area contributed by atoms with Gasteiger partial charge in [0, 0.05) is 16.6 Å². The summed E-state index contributed by atoms with van der Waals surface area (Å²) >= 11 is 15.1. The van der Waals surface area contributed by atoms with E-state index in [4.69, 9.17) is 33.7 Å². The van der Waals surface area contributed by atoms with Gasteiger partial charge in [0.25, 0.3) is 0 Å². The average Bonchev–Trinajstić information content (AvgIpc) is 2.35. The van der Waals surface area contributed by atoms with E-state index >= 15 is 0 Å². The third-order valence-electron chi connectivity index (χ3n) is 2.24. The van der Waals surface area contributed by atoms with Crippen LogP contribution < -0.4 is 10.5 Å². The summed E-state index contributed by atoms with van der Waals surface area (Å²) in [5.74, 6) is -0.0266. The molecule has 0 radical (unpaired) electrons. The molecule has 0 atom stereocenters. The number of pyridine rings is 1. The largest absolute Gasteiger partial charge is 0.432 e. The third-order valence-corrected chi connectivity index (χ3v) is 3.73. The fraction of sp³-hybridized carbons (Fsp3) is 0. The zero-order valence-corrected chi connectivity index (χ0v) is 12.7. The van der Waals surface area contributed by atoms with Crippen LogP contribution in [0.15, 0.2) is 28.7 Å². The summed E-state index contributed by atoms with van der Waals surface area (Å²) in [4.78, 5) is 14.1. The lowest BCUT2D eigenvalue weighted by Crippen LogP contribution is -1.99. The van der Waals surface area contributed by atoms with Gasteiger partial charge in [0.2, 0.25) is 0 Å². The summed E-state index contributed by atoms with van der Waals surface area (Å²) in [5.41, 5.74) is 5.17. The number of nitrogens with two attached hydrogens (primary N) is 1. The lowest BCUT2D eigenvalue weighted by atomic mass is 10.3. The Bertz CT molecular complexity index is 697.